The minimum Gasteiger partial charge on any atom is -0.262 e. The molecule has 0 fully saturated rings. The molecule has 9 heteroatoms. The molecule has 3 N–H and O–H groups in total. The molecule has 0 aliphatic carbocycles. The summed E-state index contributed by atoms with van der Waals surface area (Å²) in [7, 11) is -3.54. The van der Waals surface area contributed by atoms with Crippen LogP contribution in [0.5, 0.6) is 0 Å². The van der Waals surface area contributed by atoms with E-state index < -0.39 is 22.6 Å². The highest BCUT2D eigenvalue weighted by Gasteiger charge is 2.28. The first kappa shape index (κ1) is 11.0. The molecule has 1 atom stereocenters. The van der Waals surface area contributed by atoms with Gasteiger partial charge in [0.05, 0.1) is 0 Å². The minimum absolute atomic E-state index is 0.359. The summed E-state index contributed by atoms with van der Waals surface area (Å²) in [6, 6.07) is 1.03. The van der Waals surface area contributed by atoms with Gasteiger partial charge in [0, 0.05) is 6.20 Å². The van der Waals surface area contributed by atoms with Crippen LogP contribution in [0, 0.1) is 4.78 Å². The van der Waals surface area contributed by atoms with Gasteiger partial charge in [-0.1, -0.05) is 0 Å². The Labute approximate surface area is 77.8 Å². The van der Waals surface area contributed by atoms with E-state index in [4.69, 9.17) is 9.92 Å². The summed E-state index contributed by atoms with van der Waals surface area (Å²) in [6.07, 6.45) is -3.43. The number of aromatic nitrogens is 2. The number of alkyl halides is 3. The maximum atomic E-state index is 11.8. The zero-order chi connectivity index (χ0) is 11.0. The highest BCUT2D eigenvalue weighted by atomic mass is 32.2. The smallest absolute Gasteiger partial charge is 0.262 e. The second kappa shape index (κ2) is 3.24. The van der Waals surface area contributed by atoms with Gasteiger partial charge in [0.15, 0.2) is 14.9 Å². The van der Waals surface area contributed by atoms with Crippen molar-refractivity contribution in [1.82, 2.24) is 9.78 Å². The lowest BCUT2D eigenvalue weighted by atomic mass is 10.6. The van der Waals surface area contributed by atoms with E-state index in [2.05, 4.69) is 5.10 Å². The third kappa shape index (κ3) is 3.00. The predicted molar refractivity (Wildman–Crippen MR) is 41.6 cm³/mol. The van der Waals surface area contributed by atoms with Crippen LogP contribution >= 0.6 is 0 Å². The fourth-order valence-electron chi connectivity index (χ4n) is 0.777. The van der Waals surface area contributed by atoms with Crippen LogP contribution < -0.4 is 5.14 Å². The lowest BCUT2D eigenvalue weighted by Gasteiger charge is -2.05. The van der Waals surface area contributed by atoms with Gasteiger partial charge in [0.2, 0.25) is 0 Å². The van der Waals surface area contributed by atoms with Crippen molar-refractivity contribution in [3.05, 3.63) is 12.3 Å². The van der Waals surface area contributed by atoms with Gasteiger partial charge in [0.25, 0.3) is 0 Å². The number of hydrogen-bond donors (Lipinski definition) is 2. The molecule has 1 heterocycles. The van der Waals surface area contributed by atoms with Crippen LogP contribution in [0.1, 0.15) is 0 Å². The number of rotatable bonds is 2. The van der Waals surface area contributed by atoms with E-state index in [-0.39, 0.29) is 5.03 Å². The first-order valence-corrected chi connectivity index (χ1v) is 4.97. The first-order chi connectivity index (χ1) is 6.18. The maximum absolute atomic E-state index is 11.8. The third-order valence-electron chi connectivity index (χ3n) is 1.27. The van der Waals surface area contributed by atoms with Crippen LogP contribution in [0.15, 0.2) is 17.3 Å². The van der Waals surface area contributed by atoms with Gasteiger partial charge in [0.1, 0.15) is 6.54 Å². The van der Waals surface area contributed by atoms with Crippen LogP contribution in [-0.4, -0.2) is 20.2 Å². The average Bonchev–Trinajstić information content (AvgIpc) is 2.29. The Kier molecular flexibility index (Phi) is 2.54. The predicted octanol–water partition coefficient (Wildman–Crippen LogP) is 0.725. The van der Waals surface area contributed by atoms with Gasteiger partial charge in [-0.25, -0.2) is 14.1 Å². The molecular formula is C5H7F3N4OS. The minimum atomic E-state index is -4.40. The van der Waals surface area contributed by atoms with Crippen molar-refractivity contribution in [2.24, 2.45) is 5.14 Å². The van der Waals surface area contributed by atoms with Crippen molar-refractivity contribution in [1.29, 1.82) is 4.78 Å². The van der Waals surface area contributed by atoms with Crippen molar-refractivity contribution < 1.29 is 17.4 Å². The summed E-state index contributed by atoms with van der Waals surface area (Å²) in [6.45, 7) is -1.29. The fourth-order valence-corrected chi connectivity index (χ4v) is 1.27. The molecule has 0 radical (unpaired) electrons. The molecule has 0 spiro atoms. The zero-order valence-electron chi connectivity index (χ0n) is 6.78. The molecule has 14 heavy (non-hydrogen) atoms. The van der Waals surface area contributed by atoms with Gasteiger partial charge in [-0.3, -0.25) is 4.68 Å². The summed E-state index contributed by atoms with van der Waals surface area (Å²) >= 11 is 0. The quantitative estimate of drug-likeness (QED) is 0.781. The molecule has 0 aliphatic rings. The Morgan fingerprint density at radius 3 is 2.57 bits per heavy atom. The Balaban J connectivity index is 2.90. The number of nitrogens with two attached hydrogens (primary N) is 1. The molecule has 0 aliphatic heterocycles. The largest absolute Gasteiger partial charge is 0.408 e. The highest BCUT2D eigenvalue weighted by Crippen LogP contribution is 2.17. The second-order valence-electron chi connectivity index (χ2n) is 2.57. The Bertz CT molecular complexity index is 420. The van der Waals surface area contributed by atoms with Crippen LogP contribution in [0.4, 0.5) is 13.2 Å². The third-order valence-corrected chi connectivity index (χ3v) is 2.11. The van der Waals surface area contributed by atoms with Gasteiger partial charge >= 0.3 is 6.18 Å². The Morgan fingerprint density at radius 2 is 2.21 bits per heavy atom. The maximum Gasteiger partial charge on any atom is 0.408 e. The molecule has 1 rings (SSSR count). The molecule has 1 aromatic heterocycles. The normalized spacial score (nSPS) is 16.6. The molecule has 0 aromatic carbocycles. The van der Waals surface area contributed by atoms with Crippen LogP contribution in [0.3, 0.4) is 0 Å². The molecular weight excluding hydrogens is 221 g/mol. The van der Waals surface area contributed by atoms with Crippen molar-refractivity contribution in [2.45, 2.75) is 17.7 Å². The van der Waals surface area contributed by atoms with E-state index in [0.29, 0.717) is 4.68 Å². The van der Waals surface area contributed by atoms with Crippen LogP contribution in [0.2, 0.25) is 0 Å². The van der Waals surface area contributed by atoms with E-state index in [1.54, 1.807) is 0 Å². The molecule has 1 unspecified atom stereocenters. The molecule has 0 amide bonds. The molecule has 0 saturated heterocycles. The van der Waals surface area contributed by atoms with Crippen LogP contribution in [0.25, 0.3) is 0 Å². The number of halogens is 3. The topological polar surface area (TPSA) is 84.8 Å². The summed E-state index contributed by atoms with van der Waals surface area (Å²) in [5.74, 6) is 0. The fraction of sp³-hybridized carbons (Fsp3) is 0.400. The van der Waals surface area contributed by atoms with Gasteiger partial charge in [-0.05, 0) is 6.07 Å². The number of nitrogens with zero attached hydrogens (tertiary/aromatic N) is 2. The standard InChI is InChI=1S/C5H7F3N4OS/c6-5(7,8)3-12-2-1-4(11-12)14(9,10)13/h1-2H,3H2,(H3,9,10,13). The summed E-state index contributed by atoms with van der Waals surface area (Å²) < 4.78 is 53.8. The van der Waals surface area contributed by atoms with Crippen LogP contribution in [-0.2, 0) is 16.5 Å². The van der Waals surface area contributed by atoms with Crippen molar-refractivity contribution in [3.8, 4) is 0 Å². The molecule has 0 bridgehead atoms. The van der Waals surface area contributed by atoms with E-state index in [1.165, 1.54) is 0 Å². The van der Waals surface area contributed by atoms with Gasteiger partial charge in [-0.2, -0.15) is 18.3 Å². The monoisotopic (exact) mass is 228 g/mol. The molecule has 80 valence electrons. The van der Waals surface area contributed by atoms with Crippen molar-refractivity contribution in [2.75, 3.05) is 0 Å². The lowest BCUT2D eigenvalue weighted by molar-refractivity contribution is -0.142. The zero-order valence-corrected chi connectivity index (χ0v) is 7.60. The second-order valence-corrected chi connectivity index (χ2v) is 4.19. The van der Waals surface area contributed by atoms with E-state index in [1.807, 2.05) is 0 Å². The summed E-state index contributed by atoms with van der Waals surface area (Å²) in [5.41, 5.74) is 0. The van der Waals surface area contributed by atoms with Crippen molar-refractivity contribution in [3.63, 3.8) is 0 Å². The molecule has 0 saturated carbocycles. The Hall–Kier alpha value is -1.09. The Morgan fingerprint density at radius 1 is 1.64 bits per heavy atom. The summed E-state index contributed by atoms with van der Waals surface area (Å²) in [5, 5.41) is 7.79. The SMILES string of the molecule is N=S(N)(=O)c1ccn(CC(F)(F)F)n1. The van der Waals surface area contributed by atoms with E-state index in [0.717, 1.165) is 12.3 Å². The first-order valence-electron chi connectivity index (χ1n) is 3.35. The lowest BCUT2D eigenvalue weighted by Crippen LogP contribution is -2.19. The summed E-state index contributed by atoms with van der Waals surface area (Å²) in [4.78, 5) is 0. The molecule has 1 aromatic rings. The number of nitrogens with one attached hydrogen (secondary N) is 1. The average molecular weight is 228 g/mol. The molecule has 5 nitrogen and oxygen atoms in total. The van der Waals surface area contributed by atoms with E-state index in [9.17, 15) is 17.4 Å². The van der Waals surface area contributed by atoms with Crippen molar-refractivity contribution >= 4 is 9.92 Å². The van der Waals surface area contributed by atoms with Gasteiger partial charge < -0.3 is 0 Å². The van der Waals surface area contributed by atoms with Gasteiger partial charge in [-0.15, -0.1) is 0 Å². The highest BCUT2D eigenvalue weighted by molar-refractivity contribution is 7.90. The van der Waals surface area contributed by atoms with E-state index >= 15 is 0 Å². The number of hydrogen-bond acceptors (Lipinski definition) is 3.